The van der Waals surface area contributed by atoms with Gasteiger partial charge >= 0.3 is 11.9 Å². The number of aromatic nitrogens is 7. The molecule has 4 aromatic rings. The molecule has 11 nitrogen and oxygen atoms in total. The third-order valence-corrected chi connectivity index (χ3v) is 6.17. The number of amides is 1. The lowest BCUT2D eigenvalue weighted by atomic mass is 10.2. The number of alkyl halides is 4. The predicted octanol–water partition coefficient (Wildman–Crippen LogP) is 2.61. The van der Waals surface area contributed by atoms with Crippen LogP contribution in [0.1, 0.15) is 12.2 Å². The summed E-state index contributed by atoms with van der Waals surface area (Å²) >= 11 is 5.90. The fraction of sp³-hybridized carbons (Fsp3) is 0.304. The number of rotatable bonds is 8. The van der Waals surface area contributed by atoms with Crippen molar-refractivity contribution in [1.29, 1.82) is 0 Å². The van der Waals surface area contributed by atoms with E-state index in [9.17, 15) is 32.3 Å². The third kappa shape index (κ3) is 5.68. The standard InChI is InChI=1S/C23H19ClF4N8O3/c24-13-5-3-12(4-6-13)20-33-35(22(39)34(20)9-17(37)23(26,27)28)10-18-30-11-36(32-18)16-2-1-7-29-19(16)31-21(38)14-8-15(14)25/h1-7,11,14-15,17,37H,8-10H2,(H,29,31,38)/t14-,15-,17-/m0/s1. The number of carbonyl (C=O) groups excluding carboxylic acids is 1. The lowest BCUT2D eigenvalue weighted by molar-refractivity contribution is -0.207. The first-order valence-electron chi connectivity index (χ1n) is 11.5. The molecular weight excluding hydrogens is 548 g/mol. The van der Waals surface area contributed by atoms with Crippen molar-refractivity contribution in [3.8, 4) is 17.1 Å². The minimum absolute atomic E-state index is 0.0629. The summed E-state index contributed by atoms with van der Waals surface area (Å²) in [6.45, 7) is -1.41. The molecule has 1 aliphatic rings. The van der Waals surface area contributed by atoms with E-state index in [-0.39, 0.29) is 30.4 Å². The average molecular weight is 567 g/mol. The molecule has 1 aromatic carbocycles. The van der Waals surface area contributed by atoms with Crippen molar-refractivity contribution in [2.45, 2.75) is 38.0 Å². The van der Waals surface area contributed by atoms with Crippen LogP contribution in [0, 0.1) is 5.92 Å². The van der Waals surface area contributed by atoms with Gasteiger partial charge in [-0.3, -0.25) is 9.36 Å². The van der Waals surface area contributed by atoms with Crippen molar-refractivity contribution in [1.82, 2.24) is 34.1 Å². The normalized spacial score (nSPS) is 17.7. The summed E-state index contributed by atoms with van der Waals surface area (Å²) in [6, 6.07) is 9.08. The van der Waals surface area contributed by atoms with Crippen LogP contribution in [-0.2, 0) is 17.9 Å². The number of nitrogens with zero attached hydrogens (tertiary/aromatic N) is 7. The Labute approximate surface area is 221 Å². The Kier molecular flexibility index (Phi) is 6.94. The first kappa shape index (κ1) is 26.5. The Morgan fingerprint density at radius 1 is 1.18 bits per heavy atom. The quantitative estimate of drug-likeness (QED) is 0.313. The minimum Gasteiger partial charge on any atom is -0.382 e. The van der Waals surface area contributed by atoms with Crippen molar-refractivity contribution < 1.29 is 27.5 Å². The summed E-state index contributed by atoms with van der Waals surface area (Å²) < 4.78 is 55.3. The largest absolute Gasteiger partial charge is 0.416 e. The van der Waals surface area contributed by atoms with Crippen LogP contribution in [0.3, 0.4) is 0 Å². The Bertz CT molecular complexity index is 1570. The Balaban J connectivity index is 1.43. The van der Waals surface area contributed by atoms with Gasteiger partial charge in [0.1, 0.15) is 24.7 Å². The number of halogens is 5. The molecular formula is C23H19ClF4N8O3. The first-order chi connectivity index (χ1) is 18.5. The fourth-order valence-corrected chi connectivity index (χ4v) is 3.87. The summed E-state index contributed by atoms with van der Waals surface area (Å²) in [5.41, 5.74) is -0.321. The average Bonchev–Trinajstić information content (AvgIpc) is 3.32. The maximum atomic E-state index is 13.3. The molecule has 1 saturated carbocycles. The maximum absolute atomic E-state index is 13.3. The zero-order valence-corrected chi connectivity index (χ0v) is 20.5. The monoisotopic (exact) mass is 566 g/mol. The van der Waals surface area contributed by atoms with E-state index in [0.29, 0.717) is 20.8 Å². The van der Waals surface area contributed by atoms with Crippen LogP contribution in [0.2, 0.25) is 5.02 Å². The summed E-state index contributed by atoms with van der Waals surface area (Å²) in [7, 11) is 0. The highest BCUT2D eigenvalue weighted by Gasteiger charge is 2.44. The van der Waals surface area contributed by atoms with Gasteiger partial charge in [0.25, 0.3) is 0 Å². The molecule has 3 atom stereocenters. The number of aliphatic hydroxyl groups excluding tert-OH is 1. The molecule has 0 radical (unpaired) electrons. The summed E-state index contributed by atoms with van der Waals surface area (Å²) in [4.78, 5) is 33.5. The second kappa shape index (κ2) is 10.2. The van der Waals surface area contributed by atoms with Crippen LogP contribution in [-0.4, -0.2) is 63.6 Å². The second-order valence-electron chi connectivity index (χ2n) is 8.76. The zero-order chi connectivity index (χ0) is 27.9. The summed E-state index contributed by atoms with van der Waals surface area (Å²) in [6.07, 6.45) is -6.10. The van der Waals surface area contributed by atoms with E-state index in [1.165, 1.54) is 41.5 Å². The fourth-order valence-electron chi connectivity index (χ4n) is 3.74. The molecule has 0 bridgehead atoms. The van der Waals surface area contributed by atoms with E-state index in [1.54, 1.807) is 12.1 Å². The zero-order valence-electron chi connectivity index (χ0n) is 19.8. The molecule has 0 saturated heterocycles. The van der Waals surface area contributed by atoms with Gasteiger partial charge in [-0.15, -0.1) is 10.2 Å². The van der Waals surface area contributed by atoms with Crippen LogP contribution in [0.4, 0.5) is 23.4 Å². The smallest absolute Gasteiger partial charge is 0.382 e. The topological polar surface area (TPSA) is 133 Å². The van der Waals surface area contributed by atoms with Crippen LogP contribution < -0.4 is 11.0 Å². The maximum Gasteiger partial charge on any atom is 0.416 e. The van der Waals surface area contributed by atoms with E-state index in [1.807, 2.05) is 0 Å². The lowest BCUT2D eigenvalue weighted by Crippen LogP contribution is -2.37. The number of nitrogens with one attached hydrogen (secondary N) is 1. The second-order valence-corrected chi connectivity index (χ2v) is 9.20. The van der Waals surface area contributed by atoms with E-state index in [2.05, 4.69) is 25.5 Å². The minimum atomic E-state index is -4.96. The molecule has 1 fully saturated rings. The van der Waals surface area contributed by atoms with Crippen LogP contribution in [0.15, 0.2) is 53.7 Å². The van der Waals surface area contributed by atoms with Gasteiger partial charge in [-0.25, -0.2) is 28.5 Å². The van der Waals surface area contributed by atoms with Crippen molar-refractivity contribution >= 4 is 23.3 Å². The first-order valence-corrected chi connectivity index (χ1v) is 11.9. The number of benzene rings is 1. The molecule has 2 N–H and O–H groups in total. The molecule has 204 valence electrons. The van der Waals surface area contributed by atoms with E-state index >= 15 is 0 Å². The Hall–Kier alpha value is -4.11. The molecule has 16 heteroatoms. The molecule has 3 aromatic heterocycles. The molecule has 0 aliphatic heterocycles. The van der Waals surface area contributed by atoms with Crippen molar-refractivity contribution in [3.63, 3.8) is 0 Å². The molecule has 39 heavy (non-hydrogen) atoms. The SMILES string of the molecule is O=C(Nc1ncccc1-n1cnc(Cn2nc(-c3ccc(Cl)cc3)n(C[C@H](O)C(F)(F)F)c2=O)n1)[C@H]1C[C@@H]1F. The molecule has 3 heterocycles. The molecule has 5 rings (SSSR count). The van der Waals surface area contributed by atoms with Crippen LogP contribution in [0.25, 0.3) is 17.1 Å². The number of hydrogen-bond acceptors (Lipinski definition) is 7. The molecule has 1 amide bonds. The number of aliphatic hydroxyl groups is 1. The van der Waals surface area contributed by atoms with Crippen LogP contribution >= 0.6 is 11.6 Å². The summed E-state index contributed by atoms with van der Waals surface area (Å²) in [5.74, 6) is -1.20. The highest BCUT2D eigenvalue weighted by molar-refractivity contribution is 6.30. The molecule has 1 aliphatic carbocycles. The molecule has 0 spiro atoms. The number of hydrogen-bond donors (Lipinski definition) is 2. The van der Waals surface area contributed by atoms with Gasteiger partial charge in [-0.2, -0.15) is 13.2 Å². The van der Waals surface area contributed by atoms with Gasteiger partial charge in [-0.05, 0) is 42.8 Å². The number of pyridine rings is 1. The summed E-state index contributed by atoms with van der Waals surface area (Å²) in [5, 5.41) is 21.0. The molecule has 0 unspecified atom stereocenters. The highest BCUT2D eigenvalue weighted by atomic mass is 35.5. The third-order valence-electron chi connectivity index (χ3n) is 5.91. The van der Waals surface area contributed by atoms with E-state index in [4.69, 9.17) is 11.6 Å². The van der Waals surface area contributed by atoms with Gasteiger partial charge in [0.05, 0.1) is 12.5 Å². The van der Waals surface area contributed by atoms with E-state index < -0.39 is 42.5 Å². The lowest BCUT2D eigenvalue weighted by Gasteiger charge is -2.15. The van der Waals surface area contributed by atoms with Crippen molar-refractivity contribution in [2.75, 3.05) is 5.32 Å². The van der Waals surface area contributed by atoms with Gasteiger partial charge in [0.15, 0.2) is 23.6 Å². The van der Waals surface area contributed by atoms with Crippen molar-refractivity contribution in [3.05, 3.63) is 70.3 Å². The van der Waals surface area contributed by atoms with E-state index in [0.717, 1.165) is 4.68 Å². The highest BCUT2D eigenvalue weighted by Crippen LogP contribution is 2.35. The van der Waals surface area contributed by atoms with Gasteiger partial charge in [0, 0.05) is 16.8 Å². The Morgan fingerprint density at radius 3 is 2.56 bits per heavy atom. The van der Waals surface area contributed by atoms with Crippen molar-refractivity contribution in [2.24, 2.45) is 5.92 Å². The predicted molar refractivity (Wildman–Crippen MR) is 129 cm³/mol. The van der Waals surface area contributed by atoms with Gasteiger partial charge in [-0.1, -0.05) is 11.6 Å². The Morgan fingerprint density at radius 2 is 1.90 bits per heavy atom. The van der Waals surface area contributed by atoms with Crippen LogP contribution in [0.5, 0.6) is 0 Å². The number of anilines is 1. The van der Waals surface area contributed by atoms with Gasteiger partial charge in [0.2, 0.25) is 5.91 Å². The van der Waals surface area contributed by atoms with Gasteiger partial charge < -0.3 is 10.4 Å². The number of carbonyl (C=O) groups is 1.